The van der Waals surface area contributed by atoms with E-state index >= 15 is 0 Å². The maximum atomic E-state index is 12.5. The zero-order valence-electron chi connectivity index (χ0n) is 14.1. The van der Waals surface area contributed by atoms with Gasteiger partial charge in [0.2, 0.25) is 0 Å². The fourth-order valence-electron chi connectivity index (χ4n) is 2.79. The molecule has 2 N–H and O–H groups in total. The molecule has 0 saturated carbocycles. The van der Waals surface area contributed by atoms with E-state index in [9.17, 15) is 4.79 Å². The van der Waals surface area contributed by atoms with E-state index in [0.717, 1.165) is 18.7 Å². The zero-order chi connectivity index (χ0) is 16.7. The number of piperidine rings is 1. The molecular weight excluding hydrogens is 296 g/mol. The minimum Gasteiger partial charge on any atom is -0.493 e. The molecule has 0 aliphatic carbocycles. The van der Waals surface area contributed by atoms with Crippen LogP contribution in [0.2, 0.25) is 0 Å². The summed E-state index contributed by atoms with van der Waals surface area (Å²) in [6, 6.07) is 5.67. The normalized spacial score (nSPS) is 16.7. The van der Waals surface area contributed by atoms with Crippen molar-refractivity contribution in [1.82, 2.24) is 10.6 Å². The highest BCUT2D eigenvalue weighted by atomic mass is 16.5. The number of ether oxygens (including phenoxy) is 3. The molecule has 1 amide bonds. The molecule has 1 saturated heterocycles. The first-order valence-electron chi connectivity index (χ1n) is 7.99. The van der Waals surface area contributed by atoms with Crippen molar-refractivity contribution >= 4 is 5.91 Å². The third kappa shape index (κ3) is 4.14. The van der Waals surface area contributed by atoms with Crippen molar-refractivity contribution in [2.24, 2.45) is 0 Å². The molecule has 0 radical (unpaired) electrons. The monoisotopic (exact) mass is 322 g/mol. The van der Waals surface area contributed by atoms with Crippen LogP contribution in [0.3, 0.4) is 0 Å². The minimum atomic E-state index is -0.722. The number of carbonyl (C=O) groups excluding carboxylic acids is 1. The lowest BCUT2D eigenvalue weighted by atomic mass is 9.91. The van der Waals surface area contributed by atoms with Gasteiger partial charge in [-0.05, 0) is 50.6 Å². The van der Waals surface area contributed by atoms with Gasteiger partial charge in [0.25, 0.3) is 5.91 Å². The Kier molecular flexibility index (Phi) is 6.24. The van der Waals surface area contributed by atoms with Gasteiger partial charge < -0.3 is 24.8 Å². The molecule has 128 valence electrons. The second kappa shape index (κ2) is 8.17. The van der Waals surface area contributed by atoms with Gasteiger partial charge in [-0.15, -0.1) is 0 Å². The Hall–Kier alpha value is -1.79. The molecule has 1 fully saturated rings. The summed E-state index contributed by atoms with van der Waals surface area (Å²) in [5, 5.41) is 6.22. The van der Waals surface area contributed by atoms with Crippen LogP contribution in [0.15, 0.2) is 18.2 Å². The second-order valence-corrected chi connectivity index (χ2v) is 5.55. The molecule has 6 nitrogen and oxygen atoms in total. The van der Waals surface area contributed by atoms with Crippen molar-refractivity contribution in [1.29, 1.82) is 0 Å². The lowest BCUT2D eigenvalue weighted by molar-refractivity contribution is -0.146. The lowest BCUT2D eigenvalue weighted by Crippen LogP contribution is -2.53. The summed E-state index contributed by atoms with van der Waals surface area (Å²) in [5.41, 5.74) is 0.236. The van der Waals surface area contributed by atoms with Crippen LogP contribution in [-0.2, 0) is 16.1 Å². The molecule has 0 aromatic heterocycles. The molecule has 23 heavy (non-hydrogen) atoms. The molecule has 1 aromatic rings. The average molecular weight is 322 g/mol. The summed E-state index contributed by atoms with van der Waals surface area (Å²) in [6.45, 7) is 4.52. The van der Waals surface area contributed by atoms with Crippen LogP contribution in [0.5, 0.6) is 11.5 Å². The second-order valence-electron chi connectivity index (χ2n) is 5.55. The van der Waals surface area contributed by atoms with Crippen molar-refractivity contribution in [3.8, 4) is 11.5 Å². The predicted octanol–water partition coefficient (Wildman–Crippen LogP) is 1.48. The molecule has 0 unspecified atom stereocenters. The van der Waals surface area contributed by atoms with Crippen molar-refractivity contribution in [3.05, 3.63) is 23.8 Å². The number of hydrogen-bond donors (Lipinski definition) is 2. The van der Waals surface area contributed by atoms with Gasteiger partial charge in [0.05, 0.1) is 13.7 Å². The Morgan fingerprint density at radius 3 is 2.61 bits per heavy atom. The summed E-state index contributed by atoms with van der Waals surface area (Å²) >= 11 is 0. The summed E-state index contributed by atoms with van der Waals surface area (Å²) in [5.74, 6) is 1.31. The van der Waals surface area contributed by atoms with Gasteiger partial charge in [-0.2, -0.15) is 0 Å². The summed E-state index contributed by atoms with van der Waals surface area (Å²) in [4.78, 5) is 12.5. The largest absolute Gasteiger partial charge is 0.493 e. The highest BCUT2D eigenvalue weighted by Crippen LogP contribution is 2.28. The van der Waals surface area contributed by atoms with Gasteiger partial charge in [0.15, 0.2) is 11.5 Å². The van der Waals surface area contributed by atoms with Crippen LogP contribution in [-0.4, -0.2) is 45.4 Å². The molecule has 1 aliphatic rings. The SMILES string of the molecule is CCOc1ccc(CNC(=O)C2(OC)CCNCC2)cc1OC. The Morgan fingerprint density at radius 1 is 1.26 bits per heavy atom. The molecule has 0 atom stereocenters. The fourth-order valence-corrected chi connectivity index (χ4v) is 2.79. The third-order valence-corrected chi connectivity index (χ3v) is 4.20. The Bertz CT molecular complexity index is 527. The molecule has 6 heteroatoms. The smallest absolute Gasteiger partial charge is 0.252 e. The van der Waals surface area contributed by atoms with Crippen molar-refractivity contribution in [2.75, 3.05) is 33.9 Å². The number of methoxy groups -OCH3 is 2. The van der Waals surface area contributed by atoms with Gasteiger partial charge in [-0.1, -0.05) is 6.07 Å². The number of carbonyl (C=O) groups is 1. The highest BCUT2D eigenvalue weighted by molar-refractivity contribution is 5.85. The first-order valence-corrected chi connectivity index (χ1v) is 7.99. The fraction of sp³-hybridized carbons (Fsp3) is 0.588. The zero-order valence-corrected chi connectivity index (χ0v) is 14.1. The van der Waals surface area contributed by atoms with Gasteiger partial charge in [0.1, 0.15) is 5.60 Å². The minimum absolute atomic E-state index is 0.0608. The van der Waals surface area contributed by atoms with Crippen molar-refractivity contribution < 1.29 is 19.0 Å². The molecular formula is C17H26N2O4. The molecule has 2 rings (SSSR count). The average Bonchev–Trinajstić information content (AvgIpc) is 2.61. The van der Waals surface area contributed by atoms with E-state index < -0.39 is 5.60 Å². The third-order valence-electron chi connectivity index (χ3n) is 4.20. The topological polar surface area (TPSA) is 68.8 Å². The van der Waals surface area contributed by atoms with E-state index in [4.69, 9.17) is 14.2 Å². The van der Waals surface area contributed by atoms with Crippen LogP contribution < -0.4 is 20.1 Å². The first kappa shape index (κ1) is 17.6. The lowest BCUT2D eigenvalue weighted by Gasteiger charge is -2.34. The van der Waals surface area contributed by atoms with E-state index in [2.05, 4.69) is 10.6 Å². The molecule has 1 heterocycles. The van der Waals surface area contributed by atoms with E-state index in [0.29, 0.717) is 37.5 Å². The Morgan fingerprint density at radius 2 is 2.00 bits per heavy atom. The standard InChI is InChI=1S/C17H26N2O4/c1-4-23-14-6-5-13(11-15(14)21-2)12-19-16(20)17(22-3)7-9-18-10-8-17/h5-6,11,18H,4,7-10,12H2,1-3H3,(H,19,20). The van der Waals surface area contributed by atoms with E-state index in [1.807, 2.05) is 25.1 Å². The van der Waals surface area contributed by atoms with Crippen molar-refractivity contribution in [2.45, 2.75) is 31.9 Å². The van der Waals surface area contributed by atoms with Crippen molar-refractivity contribution in [3.63, 3.8) is 0 Å². The Labute approximate surface area is 137 Å². The van der Waals surface area contributed by atoms with Gasteiger partial charge >= 0.3 is 0 Å². The highest BCUT2D eigenvalue weighted by Gasteiger charge is 2.39. The van der Waals surface area contributed by atoms with Crippen LogP contribution in [0.25, 0.3) is 0 Å². The Balaban J connectivity index is 2.00. The maximum Gasteiger partial charge on any atom is 0.252 e. The number of benzene rings is 1. The van der Waals surface area contributed by atoms with Gasteiger partial charge in [-0.3, -0.25) is 4.79 Å². The molecule has 0 bridgehead atoms. The number of amides is 1. The van der Waals surface area contributed by atoms with Crippen LogP contribution in [0.4, 0.5) is 0 Å². The summed E-state index contributed by atoms with van der Waals surface area (Å²) in [7, 11) is 3.21. The van der Waals surface area contributed by atoms with Crippen LogP contribution in [0, 0.1) is 0 Å². The predicted molar refractivity (Wildman–Crippen MR) is 87.9 cm³/mol. The van der Waals surface area contributed by atoms with Gasteiger partial charge in [-0.25, -0.2) is 0 Å². The quantitative estimate of drug-likeness (QED) is 0.796. The number of rotatable bonds is 7. The molecule has 1 aromatic carbocycles. The van der Waals surface area contributed by atoms with E-state index in [-0.39, 0.29) is 5.91 Å². The van der Waals surface area contributed by atoms with E-state index in [1.54, 1.807) is 14.2 Å². The number of nitrogens with one attached hydrogen (secondary N) is 2. The summed E-state index contributed by atoms with van der Waals surface area (Å²) in [6.07, 6.45) is 1.36. The summed E-state index contributed by atoms with van der Waals surface area (Å²) < 4.78 is 16.4. The van der Waals surface area contributed by atoms with E-state index in [1.165, 1.54) is 0 Å². The maximum absolute atomic E-state index is 12.5. The number of hydrogen-bond acceptors (Lipinski definition) is 5. The van der Waals surface area contributed by atoms with Crippen LogP contribution in [0.1, 0.15) is 25.3 Å². The van der Waals surface area contributed by atoms with Gasteiger partial charge in [0, 0.05) is 13.7 Å². The van der Waals surface area contributed by atoms with Crippen LogP contribution >= 0.6 is 0 Å². The molecule has 1 aliphatic heterocycles. The molecule has 0 spiro atoms. The first-order chi connectivity index (χ1) is 11.1.